The van der Waals surface area contributed by atoms with Crippen molar-refractivity contribution in [3.63, 3.8) is 0 Å². The van der Waals surface area contributed by atoms with Crippen LogP contribution in [-0.4, -0.2) is 21.4 Å². The summed E-state index contributed by atoms with van der Waals surface area (Å²) in [6, 6.07) is 17.6. The summed E-state index contributed by atoms with van der Waals surface area (Å²) in [5, 5.41) is 5.74. The standard InChI is InChI=1S/C28H28N4O3/c1-16-10-12-22(18(3)14-16)31-27(34)19(4)32-25-9-7-6-8-24(25)30-26(28(32)35)21-15-17(2)11-13-23(21)29-20(5)33/h6-15,19H,1-5H3,(H,29,33)(H,31,34)/t19-/m0/s1. The van der Waals surface area contributed by atoms with Crippen LogP contribution in [0.3, 0.4) is 0 Å². The predicted octanol–water partition coefficient (Wildman–Crippen LogP) is 5.15. The van der Waals surface area contributed by atoms with E-state index >= 15 is 0 Å². The molecule has 0 saturated carbocycles. The number of hydrogen-bond donors (Lipinski definition) is 2. The summed E-state index contributed by atoms with van der Waals surface area (Å²) >= 11 is 0. The van der Waals surface area contributed by atoms with Gasteiger partial charge in [-0.3, -0.25) is 19.0 Å². The molecule has 4 rings (SSSR count). The molecular weight excluding hydrogens is 440 g/mol. The summed E-state index contributed by atoms with van der Waals surface area (Å²) < 4.78 is 1.47. The zero-order valence-electron chi connectivity index (χ0n) is 20.5. The lowest BCUT2D eigenvalue weighted by atomic mass is 10.1. The second-order valence-corrected chi connectivity index (χ2v) is 8.84. The molecule has 0 aliphatic heterocycles. The molecule has 0 fully saturated rings. The van der Waals surface area contributed by atoms with Crippen molar-refractivity contribution in [3.8, 4) is 11.3 Å². The van der Waals surface area contributed by atoms with Gasteiger partial charge in [-0.2, -0.15) is 0 Å². The third kappa shape index (κ3) is 4.84. The average molecular weight is 469 g/mol. The Bertz CT molecular complexity index is 1520. The molecule has 4 aromatic rings. The number of nitrogens with one attached hydrogen (secondary N) is 2. The number of aryl methyl sites for hydroxylation is 3. The molecule has 0 unspecified atom stereocenters. The number of nitrogens with zero attached hydrogens (tertiary/aromatic N) is 2. The number of hydrogen-bond acceptors (Lipinski definition) is 4. The minimum Gasteiger partial charge on any atom is -0.326 e. The van der Waals surface area contributed by atoms with Crippen molar-refractivity contribution < 1.29 is 9.59 Å². The Hall–Kier alpha value is -4.26. The van der Waals surface area contributed by atoms with Gasteiger partial charge >= 0.3 is 0 Å². The van der Waals surface area contributed by atoms with Crippen LogP contribution in [0.2, 0.25) is 0 Å². The number of anilines is 2. The lowest BCUT2D eigenvalue weighted by molar-refractivity contribution is -0.118. The minimum absolute atomic E-state index is 0.169. The maximum Gasteiger partial charge on any atom is 0.278 e. The fraction of sp³-hybridized carbons (Fsp3) is 0.214. The molecule has 1 heterocycles. The van der Waals surface area contributed by atoms with Crippen LogP contribution in [0.4, 0.5) is 11.4 Å². The van der Waals surface area contributed by atoms with Crippen LogP contribution in [-0.2, 0) is 9.59 Å². The van der Waals surface area contributed by atoms with Gasteiger partial charge in [0.2, 0.25) is 11.8 Å². The third-order valence-corrected chi connectivity index (χ3v) is 5.94. The van der Waals surface area contributed by atoms with E-state index in [0.29, 0.717) is 28.0 Å². The SMILES string of the molecule is CC(=O)Nc1ccc(C)cc1-c1nc2ccccc2n([C@@H](C)C(=O)Nc2ccc(C)cc2C)c1=O. The number of fused-ring (bicyclic) bond motifs is 1. The van der Waals surface area contributed by atoms with Crippen LogP contribution in [0, 0.1) is 20.8 Å². The van der Waals surface area contributed by atoms with Crippen LogP contribution in [0.1, 0.15) is 36.6 Å². The molecule has 7 nitrogen and oxygen atoms in total. The fourth-order valence-corrected chi connectivity index (χ4v) is 4.18. The van der Waals surface area contributed by atoms with E-state index in [4.69, 9.17) is 0 Å². The Kier molecular flexibility index (Phi) is 6.51. The Balaban J connectivity index is 1.87. The van der Waals surface area contributed by atoms with Crippen LogP contribution in [0.5, 0.6) is 0 Å². The molecule has 35 heavy (non-hydrogen) atoms. The first kappa shape index (κ1) is 23.9. The molecule has 0 radical (unpaired) electrons. The lowest BCUT2D eigenvalue weighted by Gasteiger charge is -2.20. The maximum absolute atomic E-state index is 13.9. The fourth-order valence-electron chi connectivity index (χ4n) is 4.18. The second kappa shape index (κ2) is 9.54. The van der Waals surface area contributed by atoms with E-state index in [-0.39, 0.29) is 17.5 Å². The van der Waals surface area contributed by atoms with Gasteiger partial charge in [-0.05, 0) is 63.6 Å². The van der Waals surface area contributed by atoms with E-state index < -0.39 is 11.6 Å². The van der Waals surface area contributed by atoms with Crippen molar-refractivity contribution in [2.75, 3.05) is 10.6 Å². The molecule has 1 atom stereocenters. The van der Waals surface area contributed by atoms with E-state index in [1.165, 1.54) is 11.5 Å². The zero-order chi connectivity index (χ0) is 25.3. The number of rotatable bonds is 5. The van der Waals surface area contributed by atoms with E-state index in [2.05, 4.69) is 15.6 Å². The van der Waals surface area contributed by atoms with E-state index in [0.717, 1.165) is 16.7 Å². The Labute approximate surface area is 203 Å². The molecule has 0 aliphatic carbocycles. The molecule has 178 valence electrons. The number of benzene rings is 3. The van der Waals surface area contributed by atoms with Crippen molar-refractivity contribution in [3.05, 3.63) is 87.7 Å². The quantitative estimate of drug-likeness (QED) is 0.424. The molecule has 7 heteroatoms. The van der Waals surface area contributed by atoms with Gasteiger partial charge in [0.1, 0.15) is 11.7 Å². The highest BCUT2D eigenvalue weighted by Gasteiger charge is 2.23. The molecule has 0 saturated heterocycles. The molecule has 0 aliphatic rings. The normalized spacial score (nSPS) is 11.8. The largest absolute Gasteiger partial charge is 0.326 e. The van der Waals surface area contributed by atoms with Crippen LogP contribution < -0.4 is 16.2 Å². The van der Waals surface area contributed by atoms with Crippen molar-refractivity contribution in [2.24, 2.45) is 0 Å². The molecular formula is C28H28N4O3. The first-order chi connectivity index (χ1) is 16.7. The molecule has 2 N–H and O–H groups in total. The molecule has 1 aromatic heterocycles. The summed E-state index contributed by atoms with van der Waals surface area (Å²) in [5.41, 5.74) is 5.53. The highest BCUT2D eigenvalue weighted by Crippen LogP contribution is 2.28. The first-order valence-electron chi connectivity index (χ1n) is 11.4. The van der Waals surface area contributed by atoms with Crippen molar-refractivity contribution >= 4 is 34.2 Å². The third-order valence-electron chi connectivity index (χ3n) is 5.94. The number of carbonyl (C=O) groups is 2. The van der Waals surface area contributed by atoms with Gasteiger partial charge in [0.15, 0.2) is 0 Å². The van der Waals surface area contributed by atoms with Crippen LogP contribution in [0.25, 0.3) is 22.3 Å². The average Bonchev–Trinajstić information content (AvgIpc) is 2.81. The van der Waals surface area contributed by atoms with Gasteiger partial charge in [-0.25, -0.2) is 4.98 Å². The Morgan fingerprint density at radius 3 is 2.23 bits per heavy atom. The number of carbonyl (C=O) groups excluding carboxylic acids is 2. The van der Waals surface area contributed by atoms with E-state index in [1.807, 2.05) is 63.2 Å². The summed E-state index contributed by atoms with van der Waals surface area (Å²) in [5.74, 6) is -0.565. The van der Waals surface area contributed by atoms with Gasteiger partial charge in [0.25, 0.3) is 5.56 Å². The van der Waals surface area contributed by atoms with Crippen molar-refractivity contribution in [1.29, 1.82) is 0 Å². The summed E-state index contributed by atoms with van der Waals surface area (Å²) in [6.45, 7) is 8.93. The summed E-state index contributed by atoms with van der Waals surface area (Å²) in [6.07, 6.45) is 0. The highest BCUT2D eigenvalue weighted by atomic mass is 16.2. The van der Waals surface area contributed by atoms with E-state index in [9.17, 15) is 14.4 Å². The van der Waals surface area contributed by atoms with Crippen molar-refractivity contribution in [2.45, 2.75) is 40.7 Å². The van der Waals surface area contributed by atoms with Crippen molar-refractivity contribution in [1.82, 2.24) is 9.55 Å². The number of amides is 2. The first-order valence-corrected chi connectivity index (χ1v) is 11.4. The van der Waals surface area contributed by atoms with Gasteiger partial charge in [0.05, 0.1) is 16.7 Å². The number of para-hydroxylation sites is 2. The highest BCUT2D eigenvalue weighted by molar-refractivity contribution is 5.96. The van der Waals surface area contributed by atoms with Crippen LogP contribution in [0.15, 0.2) is 65.5 Å². The Morgan fingerprint density at radius 2 is 1.54 bits per heavy atom. The predicted molar refractivity (Wildman–Crippen MR) is 140 cm³/mol. The monoisotopic (exact) mass is 468 g/mol. The van der Waals surface area contributed by atoms with E-state index in [1.54, 1.807) is 25.1 Å². The summed E-state index contributed by atoms with van der Waals surface area (Å²) in [4.78, 5) is 43.6. The minimum atomic E-state index is -0.816. The zero-order valence-corrected chi connectivity index (χ0v) is 20.5. The van der Waals surface area contributed by atoms with Gasteiger partial charge in [-0.15, -0.1) is 0 Å². The topological polar surface area (TPSA) is 93.1 Å². The molecule has 3 aromatic carbocycles. The number of aromatic nitrogens is 2. The maximum atomic E-state index is 13.9. The smallest absolute Gasteiger partial charge is 0.278 e. The molecule has 0 bridgehead atoms. The van der Waals surface area contributed by atoms with Gasteiger partial charge in [-0.1, -0.05) is 41.5 Å². The summed E-state index contributed by atoms with van der Waals surface area (Å²) in [7, 11) is 0. The Morgan fingerprint density at radius 1 is 0.886 bits per heavy atom. The molecule has 2 amide bonds. The second-order valence-electron chi connectivity index (χ2n) is 8.84. The van der Waals surface area contributed by atoms with Crippen LogP contribution >= 0.6 is 0 Å². The van der Waals surface area contributed by atoms with Gasteiger partial charge < -0.3 is 10.6 Å². The van der Waals surface area contributed by atoms with Gasteiger partial charge in [0, 0.05) is 18.2 Å². The lowest BCUT2D eigenvalue weighted by Crippen LogP contribution is -2.33. The molecule has 0 spiro atoms.